The fourth-order valence-corrected chi connectivity index (χ4v) is 2.69. The van der Waals surface area contributed by atoms with Gasteiger partial charge in [0.1, 0.15) is 0 Å². The molecule has 3 aromatic rings. The van der Waals surface area contributed by atoms with Crippen molar-refractivity contribution in [2.24, 2.45) is 0 Å². The van der Waals surface area contributed by atoms with Gasteiger partial charge in [-0.2, -0.15) is 0 Å². The van der Waals surface area contributed by atoms with Crippen LogP contribution in [0.3, 0.4) is 0 Å². The molecule has 0 saturated heterocycles. The number of benzene rings is 1. The van der Waals surface area contributed by atoms with Crippen LogP contribution in [0.5, 0.6) is 0 Å². The third-order valence-corrected chi connectivity index (χ3v) is 3.76. The molecular formula is C14H10ClN3S. The second-order valence-corrected chi connectivity index (χ2v) is 5.37. The molecule has 3 rings (SSSR count). The summed E-state index contributed by atoms with van der Waals surface area (Å²) in [4.78, 5) is 9.60. The minimum absolute atomic E-state index is 0.265. The Kier molecular flexibility index (Phi) is 3.19. The van der Waals surface area contributed by atoms with Crippen molar-refractivity contribution in [3.63, 3.8) is 0 Å². The third-order valence-electron chi connectivity index (χ3n) is 2.64. The zero-order valence-corrected chi connectivity index (χ0v) is 11.4. The van der Waals surface area contributed by atoms with Crippen LogP contribution in [0.1, 0.15) is 0 Å². The predicted octanol–water partition coefficient (Wildman–Crippen LogP) is 4.11. The van der Waals surface area contributed by atoms with Gasteiger partial charge in [-0.1, -0.05) is 29.8 Å². The van der Waals surface area contributed by atoms with Gasteiger partial charge in [-0.15, -0.1) is 11.3 Å². The molecule has 5 heteroatoms. The summed E-state index contributed by atoms with van der Waals surface area (Å²) in [5, 5.41) is 2.68. The van der Waals surface area contributed by atoms with E-state index in [-0.39, 0.29) is 5.95 Å². The smallest absolute Gasteiger partial charge is 0.221 e. The van der Waals surface area contributed by atoms with Crippen LogP contribution in [0.15, 0.2) is 47.8 Å². The summed E-state index contributed by atoms with van der Waals surface area (Å²) in [6.07, 6.45) is 0. The number of halogens is 1. The summed E-state index contributed by atoms with van der Waals surface area (Å²) in [5.74, 6) is 0.265. The van der Waals surface area contributed by atoms with Gasteiger partial charge in [-0.3, -0.25) is 0 Å². The molecule has 0 spiro atoms. The molecule has 94 valence electrons. The largest absolute Gasteiger partial charge is 0.368 e. The zero-order chi connectivity index (χ0) is 13.2. The van der Waals surface area contributed by atoms with Gasteiger partial charge in [0.25, 0.3) is 0 Å². The summed E-state index contributed by atoms with van der Waals surface area (Å²) in [6, 6.07) is 13.4. The Balaban J connectivity index is 2.12. The quantitative estimate of drug-likeness (QED) is 0.772. The number of nitrogens with zero attached hydrogens (tertiary/aromatic N) is 2. The Morgan fingerprint density at radius 1 is 1.00 bits per heavy atom. The monoisotopic (exact) mass is 287 g/mol. The molecule has 0 atom stereocenters. The van der Waals surface area contributed by atoms with Crippen molar-refractivity contribution in [2.75, 3.05) is 5.73 Å². The molecule has 0 bridgehead atoms. The topological polar surface area (TPSA) is 51.8 Å². The standard InChI is InChI=1S/C14H10ClN3S/c15-10-4-1-3-9(7-10)11-8-12(18-14(16)17-11)13-5-2-6-19-13/h1-8H,(H2,16,17,18). The molecule has 2 heterocycles. The van der Waals surface area contributed by atoms with Gasteiger partial charge in [0.15, 0.2) is 0 Å². The number of nitrogen functional groups attached to an aromatic ring is 1. The highest BCUT2D eigenvalue weighted by Crippen LogP contribution is 2.28. The molecule has 2 N–H and O–H groups in total. The molecule has 1 aromatic carbocycles. The lowest BCUT2D eigenvalue weighted by Crippen LogP contribution is -1.98. The van der Waals surface area contributed by atoms with Crippen LogP contribution in [-0.2, 0) is 0 Å². The van der Waals surface area contributed by atoms with E-state index >= 15 is 0 Å². The second-order valence-electron chi connectivity index (χ2n) is 3.98. The molecule has 0 radical (unpaired) electrons. The highest BCUT2D eigenvalue weighted by molar-refractivity contribution is 7.13. The lowest BCUT2D eigenvalue weighted by Gasteiger charge is -2.05. The van der Waals surface area contributed by atoms with E-state index in [0.29, 0.717) is 5.02 Å². The first-order valence-electron chi connectivity index (χ1n) is 5.67. The molecule has 0 aliphatic carbocycles. The van der Waals surface area contributed by atoms with Crippen LogP contribution in [0.4, 0.5) is 5.95 Å². The van der Waals surface area contributed by atoms with E-state index in [0.717, 1.165) is 21.8 Å². The molecule has 0 amide bonds. The van der Waals surface area contributed by atoms with E-state index in [1.165, 1.54) is 0 Å². The highest BCUT2D eigenvalue weighted by Gasteiger charge is 2.07. The Morgan fingerprint density at radius 3 is 2.58 bits per heavy atom. The van der Waals surface area contributed by atoms with Gasteiger partial charge >= 0.3 is 0 Å². The number of hydrogen-bond acceptors (Lipinski definition) is 4. The minimum Gasteiger partial charge on any atom is -0.368 e. The summed E-state index contributed by atoms with van der Waals surface area (Å²) < 4.78 is 0. The van der Waals surface area contributed by atoms with Gasteiger partial charge in [0.2, 0.25) is 5.95 Å². The summed E-state index contributed by atoms with van der Waals surface area (Å²) in [7, 11) is 0. The van der Waals surface area contributed by atoms with Crippen molar-refractivity contribution >= 4 is 28.9 Å². The number of hydrogen-bond donors (Lipinski definition) is 1. The van der Waals surface area contributed by atoms with Crippen LogP contribution in [-0.4, -0.2) is 9.97 Å². The molecule has 0 aliphatic heterocycles. The number of aromatic nitrogens is 2. The van der Waals surface area contributed by atoms with Crippen LogP contribution >= 0.6 is 22.9 Å². The average molecular weight is 288 g/mol. The maximum atomic E-state index is 6.00. The van der Waals surface area contributed by atoms with Crippen LogP contribution < -0.4 is 5.73 Å². The molecule has 0 aliphatic rings. The minimum atomic E-state index is 0.265. The van der Waals surface area contributed by atoms with Crippen LogP contribution in [0, 0.1) is 0 Å². The average Bonchev–Trinajstić information content (AvgIpc) is 2.92. The van der Waals surface area contributed by atoms with E-state index in [4.69, 9.17) is 17.3 Å². The fourth-order valence-electron chi connectivity index (χ4n) is 1.81. The van der Waals surface area contributed by atoms with E-state index in [1.807, 2.05) is 47.8 Å². The van der Waals surface area contributed by atoms with Gasteiger partial charge in [-0.25, -0.2) is 9.97 Å². The number of nitrogens with two attached hydrogens (primary N) is 1. The van der Waals surface area contributed by atoms with E-state index < -0.39 is 0 Å². The van der Waals surface area contributed by atoms with Crippen molar-refractivity contribution in [1.82, 2.24) is 9.97 Å². The summed E-state index contributed by atoms with van der Waals surface area (Å²) in [5.41, 5.74) is 8.33. The zero-order valence-electron chi connectivity index (χ0n) is 9.88. The Hall–Kier alpha value is -1.91. The number of anilines is 1. The lowest BCUT2D eigenvalue weighted by atomic mass is 10.1. The highest BCUT2D eigenvalue weighted by atomic mass is 35.5. The first-order chi connectivity index (χ1) is 9.22. The molecular weight excluding hydrogens is 278 g/mol. The molecule has 0 fully saturated rings. The van der Waals surface area contributed by atoms with Crippen molar-refractivity contribution in [3.8, 4) is 21.8 Å². The predicted molar refractivity (Wildman–Crippen MR) is 80.2 cm³/mol. The molecule has 2 aromatic heterocycles. The van der Waals surface area contributed by atoms with Gasteiger partial charge in [0.05, 0.1) is 16.3 Å². The van der Waals surface area contributed by atoms with E-state index in [2.05, 4.69) is 9.97 Å². The molecule has 0 unspecified atom stereocenters. The van der Waals surface area contributed by atoms with Crippen molar-refractivity contribution < 1.29 is 0 Å². The first kappa shape index (κ1) is 12.1. The maximum Gasteiger partial charge on any atom is 0.221 e. The normalized spacial score (nSPS) is 10.6. The van der Waals surface area contributed by atoms with E-state index in [1.54, 1.807) is 11.3 Å². The van der Waals surface area contributed by atoms with Crippen molar-refractivity contribution in [1.29, 1.82) is 0 Å². The third kappa shape index (κ3) is 2.59. The lowest BCUT2D eigenvalue weighted by molar-refractivity contribution is 1.20. The van der Waals surface area contributed by atoms with E-state index in [9.17, 15) is 0 Å². The number of rotatable bonds is 2. The Labute approximate surface area is 119 Å². The first-order valence-corrected chi connectivity index (χ1v) is 6.92. The second kappa shape index (κ2) is 4.99. The Bertz CT molecular complexity index is 710. The number of thiophene rings is 1. The summed E-state index contributed by atoms with van der Waals surface area (Å²) >= 11 is 7.62. The van der Waals surface area contributed by atoms with Gasteiger partial charge in [-0.05, 0) is 29.6 Å². The van der Waals surface area contributed by atoms with Gasteiger partial charge < -0.3 is 5.73 Å². The fraction of sp³-hybridized carbons (Fsp3) is 0. The maximum absolute atomic E-state index is 6.00. The van der Waals surface area contributed by atoms with Gasteiger partial charge in [0, 0.05) is 10.6 Å². The van der Waals surface area contributed by atoms with Crippen LogP contribution in [0.2, 0.25) is 5.02 Å². The van der Waals surface area contributed by atoms with Crippen LogP contribution in [0.25, 0.3) is 21.8 Å². The van der Waals surface area contributed by atoms with Crippen molar-refractivity contribution in [2.45, 2.75) is 0 Å². The summed E-state index contributed by atoms with van der Waals surface area (Å²) in [6.45, 7) is 0. The SMILES string of the molecule is Nc1nc(-c2cccc(Cl)c2)cc(-c2cccs2)n1. The Morgan fingerprint density at radius 2 is 1.84 bits per heavy atom. The molecule has 0 saturated carbocycles. The molecule has 19 heavy (non-hydrogen) atoms. The molecule has 3 nitrogen and oxygen atoms in total. The van der Waals surface area contributed by atoms with Crippen molar-refractivity contribution in [3.05, 3.63) is 52.9 Å².